The molecule has 0 N–H and O–H groups in total. The number of rotatable bonds is 4. The molecule has 0 saturated carbocycles. The van der Waals surface area contributed by atoms with E-state index in [-0.39, 0.29) is 5.75 Å². The first-order valence-electron chi connectivity index (χ1n) is 7.39. The normalized spacial score (nSPS) is 28.8. The van der Waals surface area contributed by atoms with E-state index in [1.165, 1.54) is 25.7 Å². The van der Waals surface area contributed by atoms with Crippen LogP contribution >= 0.6 is 23.4 Å². The summed E-state index contributed by atoms with van der Waals surface area (Å²) >= 11 is 8.09. The second kappa shape index (κ2) is 6.23. The molecule has 0 spiro atoms. The molecule has 2 fully saturated rings. The Bertz CT molecular complexity index is 651. The van der Waals surface area contributed by atoms with Crippen LogP contribution < -0.4 is 4.18 Å². The Kier molecular flexibility index (Phi) is 4.65. The van der Waals surface area contributed by atoms with Crippen LogP contribution in [0.4, 0.5) is 0 Å². The zero-order valence-corrected chi connectivity index (χ0v) is 15.0. The van der Waals surface area contributed by atoms with E-state index >= 15 is 0 Å². The molecule has 4 nitrogen and oxygen atoms in total. The molecule has 2 bridgehead atoms. The molecule has 2 atom stereocenters. The largest absolute Gasteiger partial charge is 0.383 e. The van der Waals surface area contributed by atoms with Crippen LogP contribution in [0.2, 0.25) is 5.02 Å². The van der Waals surface area contributed by atoms with Crippen molar-refractivity contribution < 1.29 is 12.6 Å². The van der Waals surface area contributed by atoms with Crippen molar-refractivity contribution in [2.24, 2.45) is 0 Å². The van der Waals surface area contributed by atoms with Crippen molar-refractivity contribution in [1.29, 1.82) is 0 Å². The lowest BCUT2D eigenvalue weighted by Gasteiger charge is -2.36. The number of hydrogen-bond donors (Lipinski definition) is 0. The summed E-state index contributed by atoms with van der Waals surface area (Å²) in [6, 6.07) is 6.49. The predicted octanol–water partition coefficient (Wildman–Crippen LogP) is 3.40. The fourth-order valence-electron chi connectivity index (χ4n) is 3.44. The van der Waals surface area contributed by atoms with Gasteiger partial charge in [0.05, 0.1) is 11.3 Å². The quantitative estimate of drug-likeness (QED) is 0.769. The summed E-state index contributed by atoms with van der Waals surface area (Å²) in [5, 5.41) is 1.13. The van der Waals surface area contributed by atoms with Crippen LogP contribution in [-0.4, -0.2) is 44.0 Å². The van der Waals surface area contributed by atoms with Gasteiger partial charge in [0.1, 0.15) is 5.75 Å². The number of hydrogen-bond acceptors (Lipinski definition) is 5. The number of halogens is 1. The van der Waals surface area contributed by atoms with Gasteiger partial charge in [-0.1, -0.05) is 11.6 Å². The molecule has 0 radical (unpaired) electrons. The third-order valence-corrected chi connectivity index (χ3v) is 6.75. The lowest BCUT2D eigenvalue weighted by atomic mass is 10.0. The maximum absolute atomic E-state index is 11.1. The maximum Gasteiger partial charge on any atom is 0.306 e. The van der Waals surface area contributed by atoms with Gasteiger partial charge in [0.25, 0.3) is 0 Å². The summed E-state index contributed by atoms with van der Waals surface area (Å²) < 4.78 is 27.2. The molecule has 22 heavy (non-hydrogen) atoms. The molecule has 0 aromatic heterocycles. The highest BCUT2D eigenvalue weighted by atomic mass is 35.5. The van der Waals surface area contributed by atoms with Gasteiger partial charge in [-0.05, 0) is 44.9 Å². The fourth-order valence-corrected chi connectivity index (χ4v) is 5.51. The molecule has 7 heteroatoms. The number of benzene rings is 1. The minimum Gasteiger partial charge on any atom is -0.383 e. The second-order valence-corrected chi connectivity index (χ2v) is 9.47. The molecule has 1 aromatic rings. The van der Waals surface area contributed by atoms with Crippen molar-refractivity contribution in [2.75, 3.05) is 13.3 Å². The molecule has 1 aromatic carbocycles. The van der Waals surface area contributed by atoms with Gasteiger partial charge in [0, 0.05) is 28.3 Å². The van der Waals surface area contributed by atoms with Gasteiger partial charge in [0.2, 0.25) is 0 Å². The van der Waals surface area contributed by atoms with Crippen LogP contribution in [0.15, 0.2) is 23.1 Å². The average molecular weight is 362 g/mol. The molecule has 2 heterocycles. The third-order valence-electron chi connectivity index (χ3n) is 4.50. The molecule has 3 rings (SSSR count). The molecular weight excluding hydrogens is 342 g/mol. The van der Waals surface area contributed by atoms with Gasteiger partial charge < -0.3 is 9.08 Å². The minimum absolute atomic E-state index is 0.264. The van der Waals surface area contributed by atoms with Gasteiger partial charge in [-0.25, -0.2) is 0 Å². The average Bonchev–Trinajstić information content (AvgIpc) is 2.63. The van der Waals surface area contributed by atoms with E-state index in [1.807, 2.05) is 6.07 Å². The van der Waals surface area contributed by atoms with Gasteiger partial charge >= 0.3 is 10.1 Å². The number of fused-ring (bicyclic) bond motifs is 2. The van der Waals surface area contributed by atoms with Crippen LogP contribution in [0.1, 0.15) is 25.7 Å². The SMILES string of the molecule is CN1C2CCC1CC(Sc1ccc(OS(C)(=O)=O)cc1Cl)C2. The first-order chi connectivity index (χ1) is 10.3. The monoisotopic (exact) mass is 361 g/mol. The summed E-state index contributed by atoms with van der Waals surface area (Å²) in [5.41, 5.74) is 0. The highest BCUT2D eigenvalue weighted by Gasteiger charge is 2.38. The first kappa shape index (κ1) is 16.4. The molecule has 122 valence electrons. The number of thioether (sulfide) groups is 1. The molecular formula is C15H20ClNO3S2. The summed E-state index contributed by atoms with van der Waals surface area (Å²) in [5.74, 6) is 0.264. The van der Waals surface area contributed by atoms with Crippen molar-refractivity contribution in [3.8, 4) is 5.75 Å². The molecule has 2 aliphatic rings. The van der Waals surface area contributed by atoms with Crippen LogP contribution in [0, 0.1) is 0 Å². The van der Waals surface area contributed by atoms with Crippen molar-refractivity contribution in [2.45, 2.75) is 47.9 Å². The van der Waals surface area contributed by atoms with E-state index in [2.05, 4.69) is 11.9 Å². The van der Waals surface area contributed by atoms with Crippen LogP contribution in [0.3, 0.4) is 0 Å². The smallest absolute Gasteiger partial charge is 0.306 e. The second-order valence-electron chi connectivity index (χ2n) is 6.14. The van der Waals surface area contributed by atoms with E-state index < -0.39 is 10.1 Å². The van der Waals surface area contributed by atoms with E-state index in [4.69, 9.17) is 15.8 Å². The zero-order valence-electron chi connectivity index (χ0n) is 12.7. The highest BCUT2D eigenvalue weighted by molar-refractivity contribution is 8.00. The Morgan fingerprint density at radius 3 is 2.45 bits per heavy atom. The lowest BCUT2D eigenvalue weighted by Crippen LogP contribution is -2.40. The molecule has 0 aliphatic carbocycles. The van der Waals surface area contributed by atoms with Gasteiger partial charge in [-0.2, -0.15) is 8.42 Å². The third kappa shape index (κ3) is 3.72. The van der Waals surface area contributed by atoms with E-state index in [0.29, 0.717) is 22.4 Å². The van der Waals surface area contributed by atoms with Crippen molar-refractivity contribution in [1.82, 2.24) is 4.90 Å². The van der Waals surface area contributed by atoms with Crippen molar-refractivity contribution in [3.05, 3.63) is 23.2 Å². The van der Waals surface area contributed by atoms with E-state index in [1.54, 1.807) is 23.9 Å². The summed E-state index contributed by atoms with van der Waals surface area (Å²) in [6.45, 7) is 0. The Morgan fingerprint density at radius 1 is 1.27 bits per heavy atom. The number of piperidine rings is 1. The Hall–Kier alpha value is -0.430. The van der Waals surface area contributed by atoms with Gasteiger partial charge in [-0.15, -0.1) is 11.8 Å². The van der Waals surface area contributed by atoms with E-state index in [9.17, 15) is 8.42 Å². The van der Waals surface area contributed by atoms with Crippen LogP contribution in [-0.2, 0) is 10.1 Å². The Labute approximate surface area is 141 Å². The Morgan fingerprint density at radius 2 is 1.91 bits per heavy atom. The van der Waals surface area contributed by atoms with Crippen LogP contribution in [0.25, 0.3) is 0 Å². The molecule has 0 amide bonds. The lowest BCUT2D eigenvalue weighted by molar-refractivity contribution is 0.183. The summed E-state index contributed by atoms with van der Waals surface area (Å²) in [7, 11) is -1.29. The summed E-state index contributed by atoms with van der Waals surface area (Å²) in [4.78, 5) is 3.51. The Balaban J connectivity index is 1.68. The van der Waals surface area contributed by atoms with Gasteiger partial charge in [-0.3, -0.25) is 0 Å². The summed E-state index contributed by atoms with van der Waals surface area (Å²) in [6.07, 6.45) is 6.00. The van der Waals surface area contributed by atoms with Crippen molar-refractivity contribution in [3.63, 3.8) is 0 Å². The van der Waals surface area contributed by atoms with Crippen molar-refractivity contribution >= 4 is 33.5 Å². The molecule has 2 unspecified atom stereocenters. The highest BCUT2D eigenvalue weighted by Crippen LogP contribution is 2.43. The van der Waals surface area contributed by atoms with E-state index in [0.717, 1.165) is 11.2 Å². The maximum atomic E-state index is 11.1. The standard InChI is InChI=1S/C15H20ClNO3S2/c1-17-10-3-4-11(17)8-13(7-10)21-15-6-5-12(9-14(15)16)20-22(2,18)19/h5-6,9-11,13H,3-4,7-8H2,1-2H3. The van der Waals surface area contributed by atoms with Gasteiger partial charge in [0.15, 0.2) is 0 Å². The first-order valence-corrected chi connectivity index (χ1v) is 10.5. The fraction of sp³-hybridized carbons (Fsp3) is 0.600. The molecule has 2 saturated heterocycles. The molecule has 2 aliphatic heterocycles. The predicted molar refractivity (Wildman–Crippen MR) is 90.4 cm³/mol. The minimum atomic E-state index is -3.52. The van der Waals surface area contributed by atoms with Crippen LogP contribution in [0.5, 0.6) is 5.75 Å². The zero-order chi connectivity index (χ0) is 15.9. The number of nitrogens with zero attached hydrogens (tertiary/aromatic N) is 1. The topological polar surface area (TPSA) is 46.6 Å².